The van der Waals surface area contributed by atoms with Crippen LogP contribution < -0.4 is 10.9 Å². The highest BCUT2D eigenvalue weighted by Gasteiger charge is 2.23. The van der Waals surface area contributed by atoms with E-state index in [-0.39, 0.29) is 16.8 Å². The standard InChI is InChI=1S/C20H17F2N3O2/c1-12-5-6-13(10-16(12)22)18(19-15(21)4-3-9-23-19)24-20(27)14-7-8-17(26)25(2)11-14/h3-11,18H,1-2H3,(H,24,27)/t18-/m0/s1. The first kappa shape index (κ1) is 18.4. The quantitative estimate of drug-likeness (QED) is 0.769. The van der Waals surface area contributed by atoms with Gasteiger partial charge in [0.1, 0.15) is 17.3 Å². The van der Waals surface area contributed by atoms with E-state index >= 15 is 0 Å². The Morgan fingerprint density at radius 3 is 2.59 bits per heavy atom. The van der Waals surface area contributed by atoms with Gasteiger partial charge < -0.3 is 9.88 Å². The van der Waals surface area contributed by atoms with Crippen molar-refractivity contribution in [3.63, 3.8) is 0 Å². The summed E-state index contributed by atoms with van der Waals surface area (Å²) < 4.78 is 29.6. The van der Waals surface area contributed by atoms with Gasteiger partial charge in [0.15, 0.2) is 0 Å². The summed E-state index contributed by atoms with van der Waals surface area (Å²) in [6.45, 7) is 1.61. The van der Waals surface area contributed by atoms with Crippen molar-refractivity contribution in [3.05, 3.63) is 99.2 Å². The lowest BCUT2D eigenvalue weighted by Gasteiger charge is -2.20. The van der Waals surface area contributed by atoms with E-state index in [1.54, 1.807) is 19.1 Å². The van der Waals surface area contributed by atoms with E-state index in [1.165, 1.54) is 54.3 Å². The van der Waals surface area contributed by atoms with Crippen LogP contribution in [0.2, 0.25) is 0 Å². The number of carbonyl (C=O) groups is 1. The Labute approximate surface area is 154 Å². The molecule has 1 amide bonds. The van der Waals surface area contributed by atoms with Gasteiger partial charge in [-0.15, -0.1) is 0 Å². The van der Waals surface area contributed by atoms with Gasteiger partial charge >= 0.3 is 0 Å². The van der Waals surface area contributed by atoms with Crippen LogP contribution in [0.15, 0.2) is 59.7 Å². The van der Waals surface area contributed by atoms with Crippen molar-refractivity contribution < 1.29 is 13.6 Å². The number of aromatic nitrogens is 2. The Balaban J connectivity index is 2.03. The zero-order valence-corrected chi connectivity index (χ0v) is 14.7. The summed E-state index contributed by atoms with van der Waals surface area (Å²) in [7, 11) is 1.52. The Hall–Kier alpha value is -3.35. The normalized spacial score (nSPS) is 11.9. The zero-order valence-electron chi connectivity index (χ0n) is 14.7. The number of nitrogens with zero attached hydrogens (tertiary/aromatic N) is 2. The molecule has 1 atom stereocenters. The van der Waals surface area contributed by atoms with E-state index in [2.05, 4.69) is 10.3 Å². The van der Waals surface area contributed by atoms with Crippen molar-refractivity contribution in [1.82, 2.24) is 14.9 Å². The second-order valence-corrected chi connectivity index (χ2v) is 6.15. The summed E-state index contributed by atoms with van der Waals surface area (Å²) in [4.78, 5) is 28.2. The number of halogens is 2. The fraction of sp³-hybridized carbons (Fsp3) is 0.150. The predicted octanol–water partition coefficient (Wildman–Crippen LogP) is 2.89. The molecule has 0 aliphatic carbocycles. The highest BCUT2D eigenvalue weighted by Crippen LogP contribution is 2.24. The number of rotatable bonds is 4. The molecule has 0 radical (unpaired) electrons. The van der Waals surface area contributed by atoms with Crippen LogP contribution in [0.3, 0.4) is 0 Å². The maximum Gasteiger partial charge on any atom is 0.253 e. The summed E-state index contributed by atoms with van der Waals surface area (Å²) in [6, 6.07) is 8.70. The van der Waals surface area contributed by atoms with Crippen LogP contribution in [0, 0.1) is 18.6 Å². The minimum atomic E-state index is -0.994. The van der Waals surface area contributed by atoms with Gasteiger partial charge in [-0.3, -0.25) is 14.6 Å². The SMILES string of the molecule is Cc1ccc([C@H](NC(=O)c2ccc(=O)n(C)c2)c2ncccc2F)cc1F. The summed E-state index contributed by atoms with van der Waals surface area (Å²) in [6.07, 6.45) is 2.77. The number of aryl methyl sites for hydroxylation is 2. The second-order valence-electron chi connectivity index (χ2n) is 6.15. The van der Waals surface area contributed by atoms with Gasteiger partial charge in [0.25, 0.3) is 5.91 Å². The molecule has 1 aromatic carbocycles. The molecule has 3 rings (SSSR count). The lowest BCUT2D eigenvalue weighted by Crippen LogP contribution is -2.31. The molecule has 27 heavy (non-hydrogen) atoms. The molecule has 138 valence electrons. The summed E-state index contributed by atoms with van der Waals surface area (Å²) in [5, 5.41) is 2.68. The van der Waals surface area contributed by atoms with E-state index in [4.69, 9.17) is 0 Å². The van der Waals surface area contributed by atoms with Crippen molar-refractivity contribution in [2.45, 2.75) is 13.0 Å². The van der Waals surface area contributed by atoms with E-state index in [9.17, 15) is 18.4 Å². The van der Waals surface area contributed by atoms with Crippen molar-refractivity contribution in [2.24, 2.45) is 7.05 Å². The van der Waals surface area contributed by atoms with Crippen LogP contribution in [-0.4, -0.2) is 15.5 Å². The first-order valence-corrected chi connectivity index (χ1v) is 8.21. The highest BCUT2D eigenvalue weighted by atomic mass is 19.1. The first-order valence-electron chi connectivity index (χ1n) is 8.21. The number of benzene rings is 1. The molecule has 2 heterocycles. The molecule has 0 fully saturated rings. The van der Waals surface area contributed by atoms with Gasteiger partial charge in [0, 0.05) is 25.5 Å². The molecule has 0 spiro atoms. The van der Waals surface area contributed by atoms with Crippen LogP contribution in [-0.2, 0) is 7.05 Å². The number of nitrogens with one attached hydrogen (secondary N) is 1. The van der Waals surface area contributed by atoms with Gasteiger partial charge in [0.2, 0.25) is 5.56 Å². The second kappa shape index (κ2) is 7.49. The third kappa shape index (κ3) is 3.92. The minimum Gasteiger partial charge on any atom is -0.339 e. The molecule has 3 aromatic rings. The summed E-state index contributed by atoms with van der Waals surface area (Å²) in [5.41, 5.74) is 0.710. The van der Waals surface area contributed by atoms with E-state index in [1.807, 2.05) is 0 Å². The van der Waals surface area contributed by atoms with E-state index in [0.717, 1.165) is 0 Å². The van der Waals surface area contributed by atoms with Crippen LogP contribution in [0.4, 0.5) is 8.78 Å². The minimum absolute atomic E-state index is 0.0288. The molecule has 0 aliphatic heterocycles. The number of amides is 1. The van der Waals surface area contributed by atoms with E-state index < -0.39 is 23.6 Å². The zero-order chi connectivity index (χ0) is 19.6. The molecule has 0 saturated heterocycles. The molecule has 0 saturated carbocycles. The van der Waals surface area contributed by atoms with Gasteiger partial charge in [0.05, 0.1) is 11.6 Å². The van der Waals surface area contributed by atoms with Crippen molar-refractivity contribution in [2.75, 3.05) is 0 Å². The Kier molecular flexibility index (Phi) is 5.12. The molecule has 0 aliphatic rings. The smallest absolute Gasteiger partial charge is 0.253 e. The van der Waals surface area contributed by atoms with Gasteiger partial charge in [-0.2, -0.15) is 0 Å². The average Bonchev–Trinajstić information content (AvgIpc) is 2.65. The number of hydrogen-bond donors (Lipinski definition) is 1. The lowest BCUT2D eigenvalue weighted by atomic mass is 10.0. The molecule has 0 unspecified atom stereocenters. The maximum atomic E-state index is 14.3. The number of pyridine rings is 2. The maximum absolute atomic E-state index is 14.3. The third-order valence-electron chi connectivity index (χ3n) is 4.21. The van der Waals surface area contributed by atoms with E-state index in [0.29, 0.717) is 11.1 Å². The van der Waals surface area contributed by atoms with Gasteiger partial charge in [-0.05, 0) is 42.3 Å². The molecule has 0 bridgehead atoms. The van der Waals surface area contributed by atoms with Crippen LogP contribution >= 0.6 is 0 Å². The van der Waals surface area contributed by atoms with Gasteiger partial charge in [-0.25, -0.2) is 8.78 Å². The topological polar surface area (TPSA) is 64.0 Å². The van der Waals surface area contributed by atoms with Crippen molar-refractivity contribution in [1.29, 1.82) is 0 Å². The number of hydrogen-bond acceptors (Lipinski definition) is 3. The summed E-state index contributed by atoms with van der Waals surface area (Å²) in [5.74, 6) is -1.63. The predicted molar refractivity (Wildman–Crippen MR) is 96.3 cm³/mol. The molecular weight excluding hydrogens is 352 g/mol. The van der Waals surface area contributed by atoms with Crippen LogP contribution in [0.1, 0.15) is 33.2 Å². The third-order valence-corrected chi connectivity index (χ3v) is 4.21. The Morgan fingerprint density at radius 2 is 1.93 bits per heavy atom. The molecular formula is C20H17F2N3O2. The Bertz CT molecular complexity index is 1060. The lowest BCUT2D eigenvalue weighted by molar-refractivity contribution is 0.0941. The fourth-order valence-electron chi connectivity index (χ4n) is 2.65. The summed E-state index contributed by atoms with van der Waals surface area (Å²) >= 11 is 0. The van der Waals surface area contributed by atoms with Crippen molar-refractivity contribution in [3.8, 4) is 0 Å². The Morgan fingerprint density at radius 1 is 1.15 bits per heavy atom. The fourth-order valence-corrected chi connectivity index (χ4v) is 2.65. The largest absolute Gasteiger partial charge is 0.339 e. The molecule has 2 aromatic heterocycles. The van der Waals surface area contributed by atoms with Gasteiger partial charge in [-0.1, -0.05) is 12.1 Å². The molecule has 5 nitrogen and oxygen atoms in total. The highest BCUT2D eigenvalue weighted by molar-refractivity contribution is 5.94. The monoisotopic (exact) mass is 369 g/mol. The van der Waals surface area contributed by atoms with Crippen LogP contribution in [0.25, 0.3) is 0 Å². The average molecular weight is 369 g/mol. The first-order chi connectivity index (χ1) is 12.9. The molecule has 1 N–H and O–H groups in total. The molecule has 7 heteroatoms. The number of carbonyl (C=O) groups excluding carboxylic acids is 1. The van der Waals surface area contributed by atoms with Crippen LogP contribution in [0.5, 0.6) is 0 Å². The van der Waals surface area contributed by atoms with Crippen molar-refractivity contribution >= 4 is 5.91 Å².